The lowest BCUT2D eigenvalue weighted by Crippen LogP contribution is -2.45. The number of piperazine rings is 1. The minimum Gasteiger partial charge on any atom is -0.366 e. The van der Waals surface area contributed by atoms with Gasteiger partial charge >= 0.3 is 0 Å². The van der Waals surface area contributed by atoms with E-state index in [1.807, 2.05) is 13.2 Å². The minimum atomic E-state index is 0.372. The van der Waals surface area contributed by atoms with Crippen LogP contribution in [0, 0.1) is 0 Å². The van der Waals surface area contributed by atoms with Crippen molar-refractivity contribution in [1.29, 1.82) is 0 Å². The second-order valence-electron chi connectivity index (χ2n) is 5.54. The van der Waals surface area contributed by atoms with Crippen molar-refractivity contribution >= 4 is 5.69 Å². The number of anilines is 1. The lowest BCUT2D eigenvalue weighted by Gasteiger charge is -2.34. The Labute approximate surface area is 116 Å². The van der Waals surface area contributed by atoms with Gasteiger partial charge in [0.25, 0.3) is 0 Å². The van der Waals surface area contributed by atoms with Gasteiger partial charge in [-0.1, -0.05) is 13.8 Å². The average molecular weight is 263 g/mol. The van der Waals surface area contributed by atoms with Crippen molar-refractivity contribution in [2.24, 2.45) is 0 Å². The summed E-state index contributed by atoms with van der Waals surface area (Å²) in [4.78, 5) is 14.0. The Morgan fingerprint density at radius 3 is 2.53 bits per heavy atom. The van der Waals surface area contributed by atoms with Crippen molar-refractivity contribution in [3.05, 3.63) is 17.7 Å². The van der Waals surface area contributed by atoms with Crippen LogP contribution < -0.4 is 10.2 Å². The summed E-state index contributed by atoms with van der Waals surface area (Å²) in [6.45, 7) is 9.37. The van der Waals surface area contributed by atoms with E-state index in [4.69, 9.17) is 4.98 Å². The van der Waals surface area contributed by atoms with E-state index in [1.165, 1.54) is 5.69 Å². The first-order valence-corrected chi connectivity index (χ1v) is 7.05. The van der Waals surface area contributed by atoms with Crippen LogP contribution in [0.1, 0.15) is 31.3 Å². The fourth-order valence-corrected chi connectivity index (χ4v) is 2.31. The van der Waals surface area contributed by atoms with Gasteiger partial charge in [0.05, 0.1) is 17.6 Å². The lowest BCUT2D eigenvalue weighted by atomic mass is 10.2. The Morgan fingerprint density at radius 1 is 1.26 bits per heavy atom. The Hall–Kier alpha value is -1.20. The summed E-state index contributed by atoms with van der Waals surface area (Å²) >= 11 is 0. The number of hydrogen-bond donors (Lipinski definition) is 1. The molecule has 1 aliphatic rings. The zero-order valence-corrected chi connectivity index (χ0v) is 12.5. The maximum absolute atomic E-state index is 4.73. The van der Waals surface area contributed by atoms with Crippen LogP contribution in [0.25, 0.3) is 0 Å². The fraction of sp³-hybridized carbons (Fsp3) is 0.714. The van der Waals surface area contributed by atoms with Gasteiger partial charge in [-0.05, 0) is 14.1 Å². The molecule has 1 N–H and O–H groups in total. The number of rotatable bonds is 4. The van der Waals surface area contributed by atoms with Crippen LogP contribution >= 0.6 is 0 Å². The normalized spacial score (nSPS) is 17.2. The fourth-order valence-electron chi connectivity index (χ4n) is 2.31. The van der Waals surface area contributed by atoms with E-state index in [1.54, 1.807) is 0 Å². The summed E-state index contributed by atoms with van der Waals surface area (Å²) in [6.07, 6.45) is 2.00. The van der Waals surface area contributed by atoms with Crippen molar-refractivity contribution in [3.8, 4) is 0 Å². The molecule has 1 aromatic rings. The van der Waals surface area contributed by atoms with E-state index in [2.05, 4.69) is 41.0 Å². The highest BCUT2D eigenvalue weighted by molar-refractivity contribution is 5.49. The number of aromatic nitrogens is 2. The molecule has 2 rings (SSSR count). The van der Waals surface area contributed by atoms with Gasteiger partial charge in [-0.3, -0.25) is 0 Å². The van der Waals surface area contributed by atoms with Crippen molar-refractivity contribution in [2.75, 3.05) is 45.2 Å². The third kappa shape index (κ3) is 3.42. The van der Waals surface area contributed by atoms with Crippen molar-refractivity contribution < 1.29 is 0 Å². The van der Waals surface area contributed by atoms with Crippen LogP contribution in [0.2, 0.25) is 0 Å². The number of nitrogens with zero attached hydrogens (tertiary/aromatic N) is 4. The summed E-state index contributed by atoms with van der Waals surface area (Å²) in [5.74, 6) is 1.31. The topological polar surface area (TPSA) is 44.3 Å². The zero-order valence-electron chi connectivity index (χ0n) is 12.5. The maximum Gasteiger partial charge on any atom is 0.131 e. The molecule has 0 aromatic carbocycles. The first-order valence-electron chi connectivity index (χ1n) is 7.05. The molecule has 0 aliphatic carbocycles. The Kier molecular flexibility index (Phi) is 4.71. The number of likely N-dealkylation sites (N-methyl/N-ethyl adjacent to an activating group) is 1. The van der Waals surface area contributed by atoms with Crippen LogP contribution in [-0.4, -0.2) is 55.1 Å². The molecule has 2 heterocycles. The van der Waals surface area contributed by atoms with Crippen LogP contribution in [0.3, 0.4) is 0 Å². The van der Waals surface area contributed by atoms with Crippen molar-refractivity contribution in [1.82, 2.24) is 20.2 Å². The standard InChI is InChI=1S/C14H25N5/c1-11(2)14-16-10-13(12(17-14)9-15-3)19-7-5-18(4)6-8-19/h10-11,15H,5-9H2,1-4H3. The number of hydrogen-bond acceptors (Lipinski definition) is 5. The molecule has 0 radical (unpaired) electrons. The zero-order chi connectivity index (χ0) is 13.8. The van der Waals surface area contributed by atoms with E-state index in [-0.39, 0.29) is 0 Å². The van der Waals surface area contributed by atoms with E-state index in [0.29, 0.717) is 5.92 Å². The predicted octanol–water partition coefficient (Wildman–Crippen LogP) is 1.07. The smallest absolute Gasteiger partial charge is 0.131 e. The Balaban J connectivity index is 2.23. The third-order valence-corrected chi connectivity index (χ3v) is 3.57. The lowest BCUT2D eigenvalue weighted by molar-refractivity contribution is 0.312. The molecule has 0 spiro atoms. The highest BCUT2D eigenvalue weighted by Crippen LogP contribution is 2.21. The van der Waals surface area contributed by atoms with Crippen LogP contribution in [0.5, 0.6) is 0 Å². The predicted molar refractivity (Wildman–Crippen MR) is 78.6 cm³/mol. The van der Waals surface area contributed by atoms with Gasteiger partial charge in [-0.25, -0.2) is 9.97 Å². The van der Waals surface area contributed by atoms with Gasteiger partial charge in [0.2, 0.25) is 0 Å². The molecule has 1 aliphatic heterocycles. The largest absolute Gasteiger partial charge is 0.366 e. The Morgan fingerprint density at radius 2 is 1.95 bits per heavy atom. The molecule has 1 aromatic heterocycles. The minimum absolute atomic E-state index is 0.372. The summed E-state index contributed by atoms with van der Waals surface area (Å²) < 4.78 is 0. The molecule has 5 nitrogen and oxygen atoms in total. The molecule has 106 valence electrons. The Bertz CT molecular complexity index is 410. The summed E-state index contributed by atoms with van der Waals surface area (Å²) in [5.41, 5.74) is 2.30. The molecule has 0 saturated carbocycles. The van der Waals surface area contributed by atoms with Gasteiger partial charge in [0, 0.05) is 38.6 Å². The van der Waals surface area contributed by atoms with Gasteiger partial charge in [0.1, 0.15) is 5.82 Å². The summed E-state index contributed by atoms with van der Waals surface area (Å²) in [7, 11) is 4.13. The quantitative estimate of drug-likeness (QED) is 0.880. The molecule has 0 bridgehead atoms. The first kappa shape index (κ1) is 14.2. The van der Waals surface area contributed by atoms with E-state index >= 15 is 0 Å². The molecule has 0 amide bonds. The highest BCUT2D eigenvalue weighted by atomic mass is 15.3. The van der Waals surface area contributed by atoms with E-state index in [9.17, 15) is 0 Å². The third-order valence-electron chi connectivity index (χ3n) is 3.57. The summed E-state index contributed by atoms with van der Waals surface area (Å²) in [6, 6.07) is 0. The monoisotopic (exact) mass is 263 g/mol. The van der Waals surface area contributed by atoms with Gasteiger partial charge < -0.3 is 15.1 Å². The van der Waals surface area contributed by atoms with Crippen LogP contribution in [0.15, 0.2) is 6.20 Å². The second kappa shape index (κ2) is 6.30. The van der Waals surface area contributed by atoms with Crippen molar-refractivity contribution in [3.63, 3.8) is 0 Å². The molecule has 5 heteroatoms. The van der Waals surface area contributed by atoms with E-state index < -0.39 is 0 Å². The molecular formula is C14H25N5. The van der Waals surface area contributed by atoms with E-state index in [0.717, 1.165) is 44.2 Å². The highest BCUT2D eigenvalue weighted by Gasteiger charge is 2.19. The average Bonchev–Trinajstić information content (AvgIpc) is 2.40. The van der Waals surface area contributed by atoms with Gasteiger partial charge in [-0.15, -0.1) is 0 Å². The molecule has 1 saturated heterocycles. The molecule has 0 unspecified atom stereocenters. The maximum atomic E-state index is 4.73. The first-order chi connectivity index (χ1) is 9.11. The van der Waals surface area contributed by atoms with Crippen LogP contribution in [0.4, 0.5) is 5.69 Å². The molecular weight excluding hydrogens is 238 g/mol. The second-order valence-corrected chi connectivity index (χ2v) is 5.54. The molecule has 1 fully saturated rings. The van der Waals surface area contributed by atoms with Crippen LogP contribution in [-0.2, 0) is 6.54 Å². The van der Waals surface area contributed by atoms with Crippen molar-refractivity contribution in [2.45, 2.75) is 26.3 Å². The molecule has 0 atom stereocenters. The van der Waals surface area contributed by atoms with Gasteiger partial charge in [0.15, 0.2) is 0 Å². The molecule has 19 heavy (non-hydrogen) atoms. The number of nitrogens with one attached hydrogen (secondary N) is 1. The SMILES string of the molecule is CNCc1nc(C(C)C)ncc1N1CCN(C)CC1. The summed E-state index contributed by atoms with van der Waals surface area (Å²) in [5, 5.41) is 3.21. The van der Waals surface area contributed by atoms with Gasteiger partial charge in [-0.2, -0.15) is 0 Å².